The minimum absolute atomic E-state index is 0.571. The Balaban J connectivity index is 1.95. The zero-order valence-electron chi connectivity index (χ0n) is 10.2. The van der Waals surface area contributed by atoms with Crippen molar-refractivity contribution in [1.29, 1.82) is 5.26 Å². The molecule has 18 heavy (non-hydrogen) atoms. The van der Waals surface area contributed by atoms with E-state index in [4.69, 9.17) is 11.0 Å². The number of aryl methyl sites for hydroxylation is 1. The van der Waals surface area contributed by atoms with E-state index in [9.17, 15) is 0 Å². The predicted octanol–water partition coefficient (Wildman–Crippen LogP) is 1.53. The van der Waals surface area contributed by atoms with Crippen LogP contribution in [0.2, 0.25) is 0 Å². The van der Waals surface area contributed by atoms with Gasteiger partial charge < -0.3 is 15.6 Å². The largest absolute Gasteiger partial charge is 0.397 e. The summed E-state index contributed by atoms with van der Waals surface area (Å²) in [5, 5.41) is 12.0. The van der Waals surface area contributed by atoms with E-state index in [2.05, 4.69) is 16.4 Å². The molecule has 1 aromatic heterocycles. The van der Waals surface area contributed by atoms with Gasteiger partial charge in [0.05, 0.1) is 23.0 Å². The highest BCUT2D eigenvalue weighted by atomic mass is 15.0. The Kier molecular flexibility index (Phi) is 3.49. The number of nitrogens with one attached hydrogen (secondary N) is 1. The van der Waals surface area contributed by atoms with Gasteiger partial charge in [-0.25, -0.2) is 4.98 Å². The van der Waals surface area contributed by atoms with E-state index in [1.54, 1.807) is 18.3 Å². The summed E-state index contributed by atoms with van der Waals surface area (Å²) in [5.74, 6) is 1.02. The molecule has 3 N–H and O–H groups in total. The highest BCUT2D eigenvalue weighted by molar-refractivity contribution is 5.68. The Hall–Kier alpha value is -2.48. The number of aromatic nitrogens is 2. The third kappa shape index (κ3) is 2.61. The molecule has 5 nitrogen and oxygen atoms in total. The van der Waals surface area contributed by atoms with Crippen LogP contribution in [0.25, 0.3) is 0 Å². The van der Waals surface area contributed by atoms with E-state index in [1.165, 1.54) is 0 Å². The molecular formula is C13H15N5. The van der Waals surface area contributed by atoms with Gasteiger partial charge >= 0.3 is 0 Å². The van der Waals surface area contributed by atoms with Crippen LogP contribution in [0.4, 0.5) is 11.4 Å². The summed E-state index contributed by atoms with van der Waals surface area (Å²) in [5.41, 5.74) is 7.87. The third-order valence-corrected chi connectivity index (χ3v) is 2.77. The summed E-state index contributed by atoms with van der Waals surface area (Å²) < 4.78 is 1.99. The van der Waals surface area contributed by atoms with Crippen LogP contribution in [0, 0.1) is 11.3 Å². The Bertz CT molecular complexity index is 579. The fourth-order valence-electron chi connectivity index (χ4n) is 1.74. The fourth-order valence-corrected chi connectivity index (χ4v) is 1.74. The van der Waals surface area contributed by atoms with Gasteiger partial charge in [0.2, 0.25) is 0 Å². The first kappa shape index (κ1) is 12.0. The average molecular weight is 241 g/mol. The predicted molar refractivity (Wildman–Crippen MR) is 71.0 cm³/mol. The summed E-state index contributed by atoms with van der Waals surface area (Å²) in [6.07, 6.45) is 4.53. The van der Waals surface area contributed by atoms with Crippen molar-refractivity contribution in [3.05, 3.63) is 42.0 Å². The van der Waals surface area contributed by atoms with Gasteiger partial charge in [-0.2, -0.15) is 5.26 Å². The third-order valence-electron chi connectivity index (χ3n) is 2.77. The van der Waals surface area contributed by atoms with E-state index in [1.807, 2.05) is 23.9 Å². The standard InChI is InChI=1S/C13H15N5/c1-18-7-6-17-13(18)4-5-16-12-3-2-10(9-14)8-11(12)15/h2-3,6-8,16H,4-5,15H2,1H3. The Morgan fingerprint density at radius 1 is 1.50 bits per heavy atom. The molecule has 1 aromatic carbocycles. The molecule has 0 amide bonds. The quantitative estimate of drug-likeness (QED) is 0.795. The summed E-state index contributed by atoms with van der Waals surface area (Å²) in [7, 11) is 1.97. The SMILES string of the molecule is Cn1ccnc1CCNc1ccc(C#N)cc1N. The minimum atomic E-state index is 0.571. The van der Waals surface area contributed by atoms with Crippen LogP contribution in [0.3, 0.4) is 0 Å². The van der Waals surface area contributed by atoms with Gasteiger partial charge in [-0.1, -0.05) is 0 Å². The summed E-state index contributed by atoms with van der Waals surface area (Å²) in [4.78, 5) is 4.25. The van der Waals surface area contributed by atoms with Gasteiger partial charge in [0.15, 0.2) is 0 Å². The summed E-state index contributed by atoms with van der Waals surface area (Å²) >= 11 is 0. The molecule has 5 heteroatoms. The molecular weight excluding hydrogens is 226 g/mol. The maximum Gasteiger partial charge on any atom is 0.110 e. The zero-order chi connectivity index (χ0) is 13.0. The van der Waals surface area contributed by atoms with E-state index in [-0.39, 0.29) is 0 Å². The maximum absolute atomic E-state index is 8.75. The number of imidazole rings is 1. The van der Waals surface area contributed by atoms with E-state index in [0.29, 0.717) is 11.3 Å². The first-order chi connectivity index (χ1) is 8.70. The van der Waals surface area contributed by atoms with Crippen molar-refractivity contribution in [2.45, 2.75) is 6.42 Å². The van der Waals surface area contributed by atoms with Crippen molar-refractivity contribution >= 4 is 11.4 Å². The maximum atomic E-state index is 8.75. The summed E-state index contributed by atoms with van der Waals surface area (Å²) in [6, 6.07) is 7.30. The van der Waals surface area contributed by atoms with Gasteiger partial charge in [-0.05, 0) is 18.2 Å². The van der Waals surface area contributed by atoms with E-state index >= 15 is 0 Å². The number of hydrogen-bond donors (Lipinski definition) is 2. The molecule has 0 saturated carbocycles. The molecule has 0 saturated heterocycles. The molecule has 0 atom stereocenters. The van der Waals surface area contributed by atoms with Crippen LogP contribution < -0.4 is 11.1 Å². The van der Waals surface area contributed by atoms with Crippen LogP contribution in [0.15, 0.2) is 30.6 Å². The van der Waals surface area contributed by atoms with Crippen molar-refractivity contribution in [3.63, 3.8) is 0 Å². The zero-order valence-corrected chi connectivity index (χ0v) is 10.2. The Labute approximate surface area is 106 Å². The van der Waals surface area contributed by atoms with E-state index in [0.717, 1.165) is 24.5 Å². The summed E-state index contributed by atoms with van der Waals surface area (Å²) in [6.45, 7) is 0.751. The number of anilines is 2. The molecule has 0 fully saturated rings. The van der Waals surface area contributed by atoms with Crippen LogP contribution >= 0.6 is 0 Å². The lowest BCUT2D eigenvalue weighted by Crippen LogP contribution is -2.09. The van der Waals surface area contributed by atoms with Crippen molar-refractivity contribution < 1.29 is 0 Å². The lowest BCUT2D eigenvalue weighted by molar-refractivity contribution is 0.790. The molecule has 0 aliphatic carbocycles. The number of nitrogens with two attached hydrogens (primary N) is 1. The first-order valence-corrected chi connectivity index (χ1v) is 5.70. The van der Waals surface area contributed by atoms with Crippen LogP contribution in [-0.2, 0) is 13.5 Å². The molecule has 2 aromatic rings. The second kappa shape index (κ2) is 5.23. The van der Waals surface area contributed by atoms with Gasteiger partial charge in [-0.3, -0.25) is 0 Å². The number of nitriles is 1. The minimum Gasteiger partial charge on any atom is -0.397 e. The van der Waals surface area contributed by atoms with Crippen molar-refractivity contribution in [2.24, 2.45) is 7.05 Å². The molecule has 0 aliphatic rings. The fraction of sp³-hybridized carbons (Fsp3) is 0.231. The Morgan fingerprint density at radius 2 is 2.33 bits per heavy atom. The number of rotatable bonds is 4. The average Bonchev–Trinajstić information content (AvgIpc) is 2.77. The molecule has 0 radical (unpaired) electrons. The molecule has 0 spiro atoms. The molecule has 0 unspecified atom stereocenters. The normalized spacial score (nSPS) is 10.0. The van der Waals surface area contributed by atoms with Gasteiger partial charge in [0.1, 0.15) is 5.82 Å². The highest BCUT2D eigenvalue weighted by Gasteiger charge is 2.02. The van der Waals surface area contributed by atoms with E-state index < -0.39 is 0 Å². The van der Waals surface area contributed by atoms with Crippen molar-refractivity contribution in [2.75, 3.05) is 17.6 Å². The lowest BCUT2D eigenvalue weighted by atomic mass is 10.2. The molecule has 0 aliphatic heterocycles. The second-order valence-electron chi connectivity index (χ2n) is 4.04. The smallest absolute Gasteiger partial charge is 0.110 e. The monoisotopic (exact) mass is 241 g/mol. The number of nitrogen functional groups attached to an aromatic ring is 1. The van der Waals surface area contributed by atoms with Gasteiger partial charge in [0, 0.05) is 32.4 Å². The number of hydrogen-bond acceptors (Lipinski definition) is 4. The van der Waals surface area contributed by atoms with Crippen molar-refractivity contribution in [1.82, 2.24) is 9.55 Å². The first-order valence-electron chi connectivity index (χ1n) is 5.70. The number of benzene rings is 1. The van der Waals surface area contributed by atoms with Crippen molar-refractivity contribution in [3.8, 4) is 6.07 Å². The van der Waals surface area contributed by atoms with Crippen LogP contribution in [0.5, 0.6) is 0 Å². The molecule has 1 heterocycles. The topological polar surface area (TPSA) is 79.7 Å². The lowest BCUT2D eigenvalue weighted by Gasteiger charge is -2.09. The Morgan fingerprint density at radius 3 is 2.94 bits per heavy atom. The highest BCUT2D eigenvalue weighted by Crippen LogP contribution is 2.19. The molecule has 2 rings (SSSR count). The number of nitrogens with zero attached hydrogens (tertiary/aromatic N) is 3. The van der Waals surface area contributed by atoms with Gasteiger partial charge in [-0.15, -0.1) is 0 Å². The molecule has 92 valence electrons. The van der Waals surface area contributed by atoms with Crippen LogP contribution in [-0.4, -0.2) is 16.1 Å². The molecule has 0 bridgehead atoms. The second-order valence-corrected chi connectivity index (χ2v) is 4.04. The van der Waals surface area contributed by atoms with Crippen LogP contribution in [0.1, 0.15) is 11.4 Å². The van der Waals surface area contributed by atoms with Gasteiger partial charge in [0.25, 0.3) is 0 Å².